The van der Waals surface area contributed by atoms with Crippen LogP contribution in [0.15, 0.2) is 77.9 Å². The SMILES string of the molecule is Cc1ccc2c(c1)c1ccc(-c3cc(C(C)(C)C)ccn3)cc1n2-c1cc(C2=N[C@](C)(C(C)(C)C)CO2)cc(C(C)C)c1. The van der Waals surface area contributed by atoms with Crippen molar-refractivity contribution in [1.29, 1.82) is 0 Å². The van der Waals surface area contributed by atoms with Gasteiger partial charge in [-0.05, 0) is 90.3 Å². The lowest BCUT2D eigenvalue weighted by atomic mass is 9.76. The van der Waals surface area contributed by atoms with Gasteiger partial charge in [0.2, 0.25) is 5.90 Å². The molecule has 3 aromatic carbocycles. The Labute approximate surface area is 256 Å². The number of nitrogens with zero attached hydrogens (tertiary/aromatic N) is 3. The number of hydrogen-bond acceptors (Lipinski definition) is 3. The van der Waals surface area contributed by atoms with Crippen LogP contribution in [-0.4, -0.2) is 27.6 Å². The summed E-state index contributed by atoms with van der Waals surface area (Å²) in [7, 11) is 0. The molecule has 1 aliphatic rings. The summed E-state index contributed by atoms with van der Waals surface area (Å²) in [5.74, 6) is 1.09. The van der Waals surface area contributed by atoms with Crippen LogP contribution in [0.3, 0.4) is 0 Å². The molecule has 2 aromatic heterocycles. The quantitative estimate of drug-likeness (QED) is 0.215. The van der Waals surface area contributed by atoms with Gasteiger partial charge in [0, 0.05) is 33.8 Å². The van der Waals surface area contributed by atoms with Crippen molar-refractivity contribution in [3.63, 3.8) is 0 Å². The van der Waals surface area contributed by atoms with Gasteiger partial charge in [-0.1, -0.05) is 79.2 Å². The van der Waals surface area contributed by atoms with Gasteiger partial charge in [-0.3, -0.25) is 4.98 Å². The molecule has 0 aliphatic carbocycles. The summed E-state index contributed by atoms with van der Waals surface area (Å²) in [5.41, 5.74) is 10.2. The van der Waals surface area contributed by atoms with Gasteiger partial charge in [-0.2, -0.15) is 0 Å². The van der Waals surface area contributed by atoms with Gasteiger partial charge < -0.3 is 9.30 Å². The van der Waals surface area contributed by atoms with E-state index in [1.807, 2.05) is 6.20 Å². The van der Waals surface area contributed by atoms with Crippen molar-refractivity contribution in [2.45, 2.75) is 86.1 Å². The van der Waals surface area contributed by atoms with E-state index in [0.29, 0.717) is 12.5 Å². The summed E-state index contributed by atoms with van der Waals surface area (Å²) in [5, 5.41) is 2.49. The van der Waals surface area contributed by atoms with Crippen LogP contribution in [-0.2, 0) is 10.2 Å². The third kappa shape index (κ3) is 5.15. The zero-order chi connectivity index (χ0) is 30.9. The second kappa shape index (κ2) is 10.1. The van der Waals surface area contributed by atoms with Gasteiger partial charge >= 0.3 is 0 Å². The lowest BCUT2D eigenvalue weighted by Gasteiger charge is -2.33. The summed E-state index contributed by atoms with van der Waals surface area (Å²) in [4.78, 5) is 9.98. The predicted molar refractivity (Wildman–Crippen MR) is 182 cm³/mol. The second-order valence-electron chi connectivity index (χ2n) is 15.0. The van der Waals surface area contributed by atoms with E-state index in [1.165, 1.54) is 38.5 Å². The largest absolute Gasteiger partial charge is 0.475 e. The van der Waals surface area contributed by atoms with Crippen LogP contribution in [0.5, 0.6) is 0 Å². The fourth-order valence-electron chi connectivity index (χ4n) is 5.88. The predicted octanol–water partition coefficient (Wildman–Crippen LogP) is 10.2. The number of aliphatic imine (C=N–C) groups is 1. The maximum Gasteiger partial charge on any atom is 0.216 e. The summed E-state index contributed by atoms with van der Waals surface area (Å²) in [6.07, 6.45) is 1.94. The molecule has 1 aliphatic heterocycles. The van der Waals surface area contributed by atoms with Gasteiger partial charge in [-0.25, -0.2) is 4.99 Å². The van der Waals surface area contributed by atoms with Crippen molar-refractivity contribution in [2.75, 3.05) is 6.61 Å². The Morgan fingerprint density at radius 3 is 2.26 bits per heavy atom. The van der Waals surface area contributed by atoms with Crippen LogP contribution in [0.25, 0.3) is 38.8 Å². The van der Waals surface area contributed by atoms with E-state index in [9.17, 15) is 0 Å². The molecular formula is C39H45N3O. The fourth-order valence-corrected chi connectivity index (χ4v) is 5.88. The van der Waals surface area contributed by atoms with E-state index in [4.69, 9.17) is 14.7 Å². The highest BCUT2D eigenvalue weighted by molar-refractivity contribution is 6.10. The third-order valence-corrected chi connectivity index (χ3v) is 9.41. The first-order valence-electron chi connectivity index (χ1n) is 15.5. The van der Waals surface area contributed by atoms with Crippen molar-refractivity contribution >= 4 is 27.7 Å². The molecule has 222 valence electrons. The number of pyridine rings is 1. The molecule has 1 atom stereocenters. The lowest BCUT2D eigenvalue weighted by molar-refractivity contribution is 0.154. The van der Waals surface area contributed by atoms with Gasteiger partial charge in [0.15, 0.2) is 0 Å². The number of aromatic nitrogens is 2. The van der Waals surface area contributed by atoms with Crippen molar-refractivity contribution in [2.24, 2.45) is 10.4 Å². The molecule has 4 heteroatoms. The first-order chi connectivity index (χ1) is 20.1. The molecule has 3 heterocycles. The highest BCUT2D eigenvalue weighted by atomic mass is 16.5. The standard InChI is InChI=1S/C39H45N3O/c1-24(2)27-18-28(36-41-39(10,23-43-36)38(7,8)9)20-30(19-27)42-34-14-11-25(3)17-32(34)31-13-12-26(21-35(31)42)33-22-29(15-16-40-33)37(4,5)6/h11-22,24H,23H2,1-10H3/t39-/m0/s1. The number of aryl methyl sites for hydroxylation is 1. The van der Waals surface area contributed by atoms with Crippen LogP contribution >= 0.6 is 0 Å². The Kier molecular flexibility index (Phi) is 6.84. The molecule has 0 fully saturated rings. The molecule has 43 heavy (non-hydrogen) atoms. The molecule has 5 aromatic rings. The minimum Gasteiger partial charge on any atom is -0.475 e. The van der Waals surface area contributed by atoms with Gasteiger partial charge in [0.1, 0.15) is 12.1 Å². The zero-order valence-corrected chi connectivity index (χ0v) is 27.5. The minimum atomic E-state index is -0.274. The van der Waals surface area contributed by atoms with Crippen molar-refractivity contribution in [1.82, 2.24) is 9.55 Å². The fraction of sp³-hybridized carbons (Fsp3) is 0.385. The average molecular weight is 572 g/mol. The van der Waals surface area contributed by atoms with Crippen LogP contribution in [0, 0.1) is 12.3 Å². The number of benzene rings is 3. The smallest absolute Gasteiger partial charge is 0.216 e. The first-order valence-corrected chi connectivity index (χ1v) is 15.5. The summed E-state index contributed by atoms with van der Waals surface area (Å²) < 4.78 is 8.74. The molecule has 6 rings (SSSR count). The van der Waals surface area contributed by atoms with Crippen LogP contribution in [0.1, 0.15) is 90.5 Å². The number of hydrogen-bond donors (Lipinski definition) is 0. The van der Waals surface area contributed by atoms with E-state index >= 15 is 0 Å². The molecule has 0 saturated heterocycles. The van der Waals surface area contributed by atoms with E-state index in [0.717, 1.165) is 28.4 Å². The Bertz CT molecular complexity index is 1890. The van der Waals surface area contributed by atoms with Crippen LogP contribution < -0.4 is 0 Å². The Morgan fingerprint density at radius 1 is 0.814 bits per heavy atom. The number of rotatable bonds is 4. The molecule has 0 N–H and O–H groups in total. The second-order valence-corrected chi connectivity index (χ2v) is 15.0. The molecule has 0 saturated carbocycles. The highest BCUT2D eigenvalue weighted by Gasteiger charge is 2.42. The molecule has 0 unspecified atom stereocenters. The molecule has 0 amide bonds. The minimum absolute atomic E-state index is 0.00728. The van der Waals surface area contributed by atoms with Crippen molar-refractivity contribution in [3.8, 4) is 16.9 Å². The number of ether oxygens (including phenoxy) is 1. The Hall–Kier alpha value is -3.92. The third-order valence-electron chi connectivity index (χ3n) is 9.41. The molecule has 0 bridgehead atoms. The van der Waals surface area contributed by atoms with E-state index in [-0.39, 0.29) is 16.4 Å². The lowest BCUT2D eigenvalue weighted by Crippen LogP contribution is -2.39. The van der Waals surface area contributed by atoms with Crippen molar-refractivity contribution in [3.05, 3.63) is 95.2 Å². The summed E-state index contributed by atoms with van der Waals surface area (Å²) in [6.45, 7) is 22.9. The zero-order valence-electron chi connectivity index (χ0n) is 27.5. The van der Waals surface area contributed by atoms with E-state index in [2.05, 4.69) is 141 Å². The molecule has 0 radical (unpaired) electrons. The van der Waals surface area contributed by atoms with E-state index < -0.39 is 0 Å². The summed E-state index contributed by atoms with van der Waals surface area (Å²) >= 11 is 0. The maximum atomic E-state index is 6.33. The van der Waals surface area contributed by atoms with Gasteiger partial charge in [-0.15, -0.1) is 0 Å². The van der Waals surface area contributed by atoms with E-state index in [1.54, 1.807) is 0 Å². The highest BCUT2D eigenvalue weighted by Crippen LogP contribution is 2.40. The number of fused-ring (bicyclic) bond motifs is 3. The summed E-state index contributed by atoms with van der Waals surface area (Å²) in [6, 6.07) is 24.8. The molecule has 0 spiro atoms. The monoisotopic (exact) mass is 571 g/mol. The van der Waals surface area contributed by atoms with Crippen molar-refractivity contribution < 1.29 is 4.74 Å². The van der Waals surface area contributed by atoms with Gasteiger partial charge in [0.05, 0.1) is 16.7 Å². The molecular weight excluding hydrogens is 526 g/mol. The van der Waals surface area contributed by atoms with Crippen LogP contribution in [0.2, 0.25) is 0 Å². The first kappa shape index (κ1) is 29.2. The Balaban J connectivity index is 1.60. The molecule has 4 nitrogen and oxygen atoms in total. The van der Waals surface area contributed by atoms with Gasteiger partial charge in [0.25, 0.3) is 0 Å². The maximum absolute atomic E-state index is 6.33. The average Bonchev–Trinajstić information content (AvgIpc) is 3.51. The Morgan fingerprint density at radius 2 is 1.58 bits per heavy atom. The topological polar surface area (TPSA) is 39.4 Å². The normalized spacial score (nSPS) is 17.6. The van der Waals surface area contributed by atoms with Crippen LogP contribution in [0.4, 0.5) is 0 Å².